The highest BCUT2D eigenvalue weighted by Crippen LogP contribution is 2.20. The van der Waals surface area contributed by atoms with Crippen LogP contribution in [0.4, 0.5) is 5.69 Å². The van der Waals surface area contributed by atoms with E-state index in [1.807, 2.05) is 44.2 Å². The Kier molecular flexibility index (Phi) is 5.11. The summed E-state index contributed by atoms with van der Waals surface area (Å²) in [6, 6.07) is 9.28. The molecule has 7 heteroatoms. The van der Waals surface area contributed by atoms with E-state index in [-0.39, 0.29) is 22.3 Å². The second kappa shape index (κ2) is 7.04. The van der Waals surface area contributed by atoms with Crippen LogP contribution in [-0.4, -0.2) is 20.9 Å². The van der Waals surface area contributed by atoms with Crippen molar-refractivity contribution in [3.8, 4) is 5.88 Å². The number of nitrogens with zero attached hydrogens (tertiary/aromatic N) is 2. The van der Waals surface area contributed by atoms with Crippen LogP contribution in [0.25, 0.3) is 0 Å². The lowest BCUT2D eigenvalue weighted by atomic mass is 10.2. The fraction of sp³-hybridized carbons (Fsp3) is 0.267. The van der Waals surface area contributed by atoms with E-state index in [2.05, 4.69) is 15.5 Å². The Morgan fingerprint density at radius 3 is 2.77 bits per heavy atom. The van der Waals surface area contributed by atoms with E-state index >= 15 is 0 Å². The molecule has 0 unspecified atom stereocenters. The van der Waals surface area contributed by atoms with Crippen LogP contribution >= 0.6 is 12.2 Å². The van der Waals surface area contributed by atoms with Gasteiger partial charge in [-0.2, -0.15) is 5.10 Å². The molecule has 0 spiro atoms. The van der Waals surface area contributed by atoms with Crippen LogP contribution in [0.1, 0.15) is 31.9 Å². The summed E-state index contributed by atoms with van der Waals surface area (Å²) in [5.74, 6) is -0.179. The molecule has 0 bridgehead atoms. The third kappa shape index (κ3) is 3.43. The van der Waals surface area contributed by atoms with Crippen LogP contribution < -0.4 is 11.0 Å². The van der Waals surface area contributed by atoms with Crippen LogP contribution in [0.3, 0.4) is 0 Å². The van der Waals surface area contributed by atoms with Gasteiger partial charge in [-0.3, -0.25) is 19.8 Å². The van der Waals surface area contributed by atoms with Gasteiger partial charge in [0.1, 0.15) is 5.56 Å². The molecule has 0 saturated carbocycles. The largest absolute Gasteiger partial charge is 0.494 e. The average Bonchev–Trinajstić information content (AvgIpc) is 2.51. The third-order valence-electron chi connectivity index (χ3n) is 3.35. The van der Waals surface area contributed by atoms with Gasteiger partial charge in [-0.15, -0.1) is 0 Å². The van der Waals surface area contributed by atoms with Crippen LogP contribution in [0.2, 0.25) is 0 Å². The zero-order valence-corrected chi connectivity index (χ0v) is 13.2. The Balaban J connectivity index is 2.35. The molecule has 0 aliphatic carbocycles. The van der Waals surface area contributed by atoms with Crippen molar-refractivity contribution in [1.82, 2.24) is 9.55 Å². The Morgan fingerprint density at radius 2 is 2.14 bits per heavy atom. The van der Waals surface area contributed by atoms with Crippen molar-refractivity contribution in [1.29, 1.82) is 0 Å². The van der Waals surface area contributed by atoms with E-state index in [0.29, 0.717) is 0 Å². The predicted octanol–water partition coefficient (Wildman–Crippen LogP) is 3.03. The summed E-state index contributed by atoms with van der Waals surface area (Å²) < 4.78 is 1.71. The fourth-order valence-electron chi connectivity index (χ4n) is 1.94. The first kappa shape index (κ1) is 16.0. The molecule has 2 rings (SSSR count). The van der Waals surface area contributed by atoms with E-state index in [0.717, 1.165) is 12.1 Å². The Labute approximate surface area is 133 Å². The Bertz CT molecular complexity index is 780. The highest BCUT2D eigenvalue weighted by molar-refractivity contribution is 7.71. The summed E-state index contributed by atoms with van der Waals surface area (Å²) in [6.45, 7) is 3.89. The topological polar surface area (TPSA) is 82.4 Å². The smallest absolute Gasteiger partial charge is 0.264 e. The standard InChI is InChI=1S/C15H18N4O2S/c1-3-10(2)19-14(21)12(13(20)17-15(19)22)9-16-18-11-7-5-4-6-8-11/h4-10,18,21H,3H2,1-2H3,(H,17,20,22)/t10-/m0/s1. The highest BCUT2D eigenvalue weighted by Gasteiger charge is 2.14. The molecule has 2 aromatic rings. The zero-order chi connectivity index (χ0) is 16.1. The minimum absolute atomic E-state index is 0.0291. The van der Waals surface area contributed by atoms with Gasteiger partial charge in [-0.1, -0.05) is 25.1 Å². The van der Waals surface area contributed by atoms with E-state index in [1.165, 1.54) is 10.8 Å². The maximum atomic E-state index is 12.0. The molecule has 0 amide bonds. The lowest BCUT2D eigenvalue weighted by Gasteiger charge is -2.16. The molecule has 0 aliphatic heterocycles. The quantitative estimate of drug-likeness (QED) is 0.449. The number of H-pyrrole nitrogens is 1. The predicted molar refractivity (Wildman–Crippen MR) is 90.2 cm³/mol. The normalized spacial score (nSPS) is 12.5. The minimum Gasteiger partial charge on any atom is -0.494 e. The van der Waals surface area contributed by atoms with Gasteiger partial charge in [0.2, 0.25) is 5.88 Å². The van der Waals surface area contributed by atoms with Crippen molar-refractivity contribution < 1.29 is 5.11 Å². The molecule has 3 N–H and O–H groups in total. The summed E-state index contributed by atoms with van der Waals surface area (Å²) in [4.78, 5) is 14.5. The lowest BCUT2D eigenvalue weighted by Crippen LogP contribution is -2.20. The van der Waals surface area contributed by atoms with Gasteiger partial charge in [-0.25, -0.2) is 0 Å². The lowest BCUT2D eigenvalue weighted by molar-refractivity contribution is 0.371. The Hall–Kier alpha value is -2.41. The van der Waals surface area contributed by atoms with E-state index in [1.54, 1.807) is 0 Å². The van der Waals surface area contributed by atoms with Crippen molar-refractivity contribution in [2.24, 2.45) is 5.10 Å². The average molecular weight is 318 g/mol. The number of hydrogen-bond donors (Lipinski definition) is 3. The number of para-hydroxylation sites is 1. The SMILES string of the molecule is CC[C@H](C)n1c(O)c(C=NNc2ccccc2)c(=O)[nH]c1=S. The zero-order valence-electron chi connectivity index (χ0n) is 12.4. The summed E-state index contributed by atoms with van der Waals surface area (Å²) in [6.07, 6.45) is 2.06. The van der Waals surface area contributed by atoms with Crippen molar-refractivity contribution in [2.45, 2.75) is 26.3 Å². The molecule has 1 heterocycles. The summed E-state index contributed by atoms with van der Waals surface area (Å²) in [7, 11) is 0. The first-order chi connectivity index (χ1) is 10.5. The number of benzene rings is 1. The van der Waals surface area contributed by atoms with Gasteiger partial charge in [-0.05, 0) is 37.7 Å². The number of nitrogens with one attached hydrogen (secondary N) is 2. The van der Waals surface area contributed by atoms with Gasteiger partial charge < -0.3 is 5.11 Å². The molecule has 6 nitrogen and oxygen atoms in total. The van der Waals surface area contributed by atoms with E-state index in [9.17, 15) is 9.90 Å². The van der Waals surface area contributed by atoms with Gasteiger partial charge in [0.15, 0.2) is 4.77 Å². The molecule has 0 aliphatic rings. The maximum absolute atomic E-state index is 12.0. The molecule has 22 heavy (non-hydrogen) atoms. The molecule has 116 valence electrons. The number of aromatic nitrogens is 2. The van der Waals surface area contributed by atoms with Crippen molar-refractivity contribution in [2.75, 3.05) is 5.43 Å². The fourth-order valence-corrected chi connectivity index (χ4v) is 2.30. The van der Waals surface area contributed by atoms with Crippen LogP contribution in [-0.2, 0) is 0 Å². The second-order valence-corrected chi connectivity index (χ2v) is 5.25. The summed E-state index contributed by atoms with van der Waals surface area (Å²) >= 11 is 5.11. The second-order valence-electron chi connectivity index (χ2n) is 4.86. The molecule has 1 aromatic carbocycles. The monoisotopic (exact) mass is 318 g/mol. The van der Waals surface area contributed by atoms with E-state index in [4.69, 9.17) is 12.2 Å². The van der Waals surface area contributed by atoms with Gasteiger partial charge >= 0.3 is 0 Å². The van der Waals surface area contributed by atoms with E-state index < -0.39 is 5.56 Å². The number of aromatic hydroxyl groups is 1. The molecule has 0 radical (unpaired) electrons. The Morgan fingerprint density at radius 1 is 1.45 bits per heavy atom. The van der Waals surface area contributed by atoms with Gasteiger partial charge in [0, 0.05) is 6.04 Å². The van der Waals surface area contributed by atoms with Crippen LogP contribution in [0.15, 0.2) is 40.2 Å². The third-order valence-corrected chi connectivity index (χ3v) is 3.64. The van der Waals surface area contributed by atoms with Crippen LogP contribution in [0.5, 0.6) is 5.88 Å². The van der Waals surface area contributed by atoms with Crippen molar-refractivity contribution in [3.05, 3.63) is 51.0 Å². The highest BCUT2D eigenvalue weighted by atomic mass is 32.1. The number of anilines is 1. The number of hydrazone groups is 1. The van der Waals surface area contributed by atoms with Crippen molar-refractivity contribution >= 4 is 24.1 Å². The van der Waals surface area contributed by atoms with Crippen LogP contribution in [0, 0.1) is 4.77 Å². The number of rotatable bonds is 5. The van der Waals surface area contributed by atoms with Gasteiger partial charge in [0.25, 0.3) is 5.56 Å². The number of hydrogen-bond acceptors (Lipinski definition) is 5. The number of aromatic amines is 1. The maximum Gasteiger partial charge on any atom is 0.264 e. The molecular weight excluding hydrogens is 300 g/mol. The van der Waals surface area contributed by atoms with Crippen molar-refractivity contribution in [3.63, 3.8) is 0 Å². The van der Waals surface area contributed by atoms with Gasteiger partial charge in [0.05, 0.1) is 11.9 Å². The molecule has 1 aromatic heterocycles. The first-order valence-corrected chi connectivity index (χ1v) is 7.37. The molecule has 0 fully saturated rings. The molecular formula is C15H18N4O2S. The summed E-state index contributed by atoms with van der Waals surface area (Å²) in [5, 5.41) is 14.3. The summed E-state index contributed by atoms with van der Waals surface area (Å²) in [5.41, 5.74) is 3.17. The molecule has 1 atom stereocenters. The molecule has 0 saturated heterocycles. The first-order valence-electron chi connectivity index (χ1n) is 6.96. The minimum atomic E-state index is -0.472.